The molecule has 29 heavy (non-hydrogen) atoms. The Labute approximate surface area is 168 Å². The molecule has 1 saturated heterocycles. The van der Waals surface area contributed by atoms with Gasteiger partial charge in [-0.1, -0.05) is 24.6 Å². The van der Waals surface area contributed by atoms with Crippen molar-refractivity contribution in [2.24, 2.45) is 0 Å². The molecule has 0 amide bonds. The molecule has 150 valence electrons. The summed E-state index contributed by atoms with van der Waals surface area (Å²) in [6.07, 6.45) is 4.51. The molecule has 7 heteroatoms. The zero-order chi connectivity index (χ0) is 20.0. The lowest BCUT2D eigenvalue weighted by Gasteiger charge is -2.26. The molecule has 0 spiro atoms. The van der Waals surface area contributed by atoms with Gasteiger partial charge in [-0.2, -0.15) is 5.10 Å². The fourth-order valence-electron chi connectivity index (χ4n) is 4.34. The van der Waals surface area contributed by atoms with Gasteiger partial charge in [0.2, 0.25) is 0 Å². The predicted octanol–water partition coefficient (Wildman–Crippen LogP) is 3.61. The molecule has 1 saturated carbocycles. The third kappa shape index (κ3) is 3.06. The van der Waals surface area contributed by atoms with E-state index in [4.69, 9.17) is 9.84 Å². The van der Waals surface area contributed by atoms with Crippen LogP contribution >= 0.6 is 0 Å². The number of aromatic nitrogens is 3. The first-order valence-electron chi connectivity index (χ1n) is 10.2. The van der Waals surface area contributed by atoms with Gasteiger partial charge in [-0.15, -0.1) is 0 Å². The summed E-state index contributed by atoms with van der Waals surface area (Å²) in [6.45, 7) is 1.58. The third-order valence-corrected chi connectivity index (χ3v) is 6.17. The maximum Gasteiger partial charge on any atom is 0.354 e. The quantitative estimate of drug-likeness (QED) is 0.714. The Morgan fingerprint density at radius 3 is 2.62 bits per heavy atom. The van der Waals surface area contributed by atoms with E-state index in [0.717, 1.165) is 54.8 Å². The number of rotatable bonds is 5. The molecule has 1 N–H and O–H groups in total. The molecule has 2 aromatic heterocycles. The van der Waals surface area contributed by atoms with Crippen molar-refractivity contribution in [3.05, 3.63) is 47.8 Å². The van der Waals surface area contributed by atoms with Gasteiger partial charge >= 0.3 is 5.97 Å². The number of carboxylic acid groups (broad SMARTS) is 1. The van der Waals surface area contributed by atoms with E-state index in [-0.39, 0.29) is 11.8 Å². The van der Waals surface area contributed by atoms with Gasteiger partial charge in [0, 0.05) is 26.1 Å². The van der Waals surface area contributed by atoms with Crippen LogP contribution in [0.5, 0.6) is 0 Å². The fraction of sp³-hybridized carbons (Fsp3) is 0.409. The Morgan fingerprint density at radius 1 is 1.21 bits per heavy atom. The van der Waals surface area contributed by atoms with Crippen LogP contribution in [-0.2, 0) is 4.74 Å². The summed E-state index contributed by atoms with van der Waals surface area (Å²) in [5.74, 6) is -0.624. The molecule has 3 aromatic rings. The van der Waals surface area contributed by atoms with Gasteiger partial charge in [-0.05, 0) is 37.5 Å². The molecular weight excluding hydrogens is 368 g/mol. The number of methoxy groups -OCH3 is 1. The number of aromatic carboxylic acids is 1. The molecule has 3 heterocycles. The number of nitrogens with zero attached hydrogens (tertiary/aromatic N) is 4. The van der Waals surface area contributed by atoms with E-state index in [9.17, 15) is 9.90 Å². The van der Waals surface area contributed by atoms with Crippen molar-refractivity contribution in [2.75, 3.05) is 25.1 Å². The standard InChI is InChI=1S/C22H24N4O3/c1-29-16-10-11-25(13-16)18-12-17(22(27)28)23-21-19(18)20(14-6-5-7-14)24-26(21)15-8-3-2-4-9-15/h2-4,8-9,12,14,16H,5-7,10-11,13H2,1H3,(H,27,28)/t16-/m0/s1. The van der Waals surface area contributed by atoms with Gasteiger partial charge in [0.1, 0.15) is 0 Å². The van der Waals surface area contributed by atoms with Crippen LogP contribution in [0.4, 0.5) is 5.69 Å². The largest absolute Gasteiger partial charge is 0.477 e. The highest BCUT2D eigenvalue weighted by molar-refractivity contribution is 5.98. The topological polar surface area (TPSA) is 80.5 Å². The fourth-order valence-corrected chi connectivity index (χ4v) is 4.34. The molecule has 2 fully saturated rings. The van der Waals surface area contributed by atoms with Crippen LogP contribution in [0.15, 0.2) is 36.4 Å². The number of pyridine rings is 1. The molecule has 1 aliphatic heterocycles. The van der Waals surface area contributed by atoms with Crippen LogP contribution in [0.1, 0.15) is 47.8 Å². The molecule has 0 unspecified atom stereocenters. The Kier molecular flexibility index (Phi) is 4.47. The van der Waals surface area contributed by atoms with Crippen molar-refractivity contribution in [3.8, 4) is 5.69 Å². The van der Waals surface area contributed by atoms with Crippen molar-refractivity contribution in [3.63, 3.8) is 0 Å². The first kappa shape index (κ1) is 18.1. The summed E-state index contributed by atoms with van der Waals surface area (Å²) in [6, 6.07) is 11.5. The minimum absolute atomic E-state index is 0.0469. The van der Waals surface area contributed by atoms with Crippen molar-refractivity contribution in [2.45, 2.75) is 37.7 Å². The van der Waals surface area contributed by atoms with E-state index >= 15 is 0 Å². The van der Waals surface area contributed by atoms with Crippen LogP contribution in [0.2, 0.25) is 0 Å². The van der Waals surface area contributed by atoms with Gasteiger partial charge in [-0.3, -0.25) is 0 Å². The highest BCUT2D eigenvalue weighted by atomic mass is 16.5. The summed E-state index contributed by atoms with van der Waals surface area (Å²) in [5, 5.41) is 15.7. The smallest absolute Gasteiger partial charge is 0.354 e. The summed E-state index contributed by atoms with van der Waals surface area (Å²) < 4.78 is 7.35. The van der Waals surface area contributed by atoms with Crippen LogP contribution in [0.3, 0.4) is 0 Å². The van der Waals surface area contributed by atoms with Crippen molar-refractivity contribution >= 4 is 22.7 Å². The third-order valence-electron chi connectivity index (χ3n) is 6.17. The second-order valence-corrected chi connectivity index (χ2v) is 7.88. The van der Waals surface area contributed by atoms with Crippen LogP contribution < -0.4 is 4.90 Å². The maximum absolute atomic E-state index is 11.9. The highest BCUT2D eigenvalue weighted by Gasteiger charge is 2.32. The molecule has 1 atom stereocenters. The number of para-hydroxylation sites is 1. The Morgan fingerprint density at radius 2 is 2.00 bits per heavy atom. The minimum atomic E-state index is -1.03. The molecule has 7 nitrogen and oxygen atoms in total. The number of ether oxygens (including phenoxy) is 1. The van der Waals surface area contributed by atoms with Crippen LogP contribution in [0.25, 0.3) is 16.7 Å². The molecular formula is C22H24N4O3. The lowest BCUT2D eigenvalue weighted by atomic mass is 9.82. The summed E-state index contributed by atoms with van der Waals surface area (Å²) in [5.41, 5.74) is 3.51. The summed E-state index contributed by atoms with van der Waals surface area (Å²) in [7, 11) is 1.73. The molecule has 1 aromatic carbocycles. The van der Waals surface area contributed by atoms with Crippen molar-refractivity contribution in [1.82, 2.24) is 14.8 Å². The zero-order valence-electron chi connectivity index (χ0n) is 16.4. The van der Waals surface area contributed by atoms with Gasteiger partial charge in [0.05, 0.1) is 28.6 Å². The lowest BCUT2D eigenvalue weighted by Crippen LogP contribution is -2.23. The molecule has 1 aliphatic carbocycles. The normalized spacial score (nSPS) is 19.6. The molecule has 0 radical (unpaired) electrons. The van der Waals surface area contributed by atoms with Gasteiger partial charge < -0.3 is 14.7 Å². The van der Waals surface area contributed by atoms with Gasteiger partial charge in [0.15, 0.2) is 11.3 Å². The number of benzene rings is 1. The molecule has 2 aliphatic rings. The average molecular weight is 392 g/mol. The SMILES string of the molecule is CO[C@H]1CCN(c2cc(C(=O)O)nc3c2c(C2CCC2)nn3-c2ccccc2)C1. The maximum atomic E-state index is 11.9. The van der Waals surface area contributed by atoms with Gasteiger partial charge in [0.25, 0.3) is 0 Å². The monoisotopic (exact) mass is 392 g/mol. The van der Waals surface area contributed by atoms with E-state index in [0.29, 0.717) is 11.6 Å². The highest BCUT2D eigenvalue weighted by Crippen LogP contribution is 2.43. The first-order chi connectivity index (χ1) is 14.2. The predicted molar refractivity (Wildman–Crippen MR) is 110 cm³/mol. The summed E-state index contributed by atoms with van der Waals surface area (Å²) >= 11 is 0. The summed E-state index contributed by atoms with van der Waals surface area (Å²) in [4.78, 5) is 18.6. The van der Waals surface area contributed by atoms with Crippen LogP contribution in [0, 0.1) is 0 Å². The average Bonchev–Trinajstić information content (AvgIpc) is 3.32. The number of hydrogen-bond acceptors (Lipinski definition) is 5. The van der Waals surface area contributed by atoms with E-state index in [1.54, 1.807) is 13.2 Å². The van der Waals surface area contributed by atoms with E-state index in [2.05, 4.69) is 9.88 Å². The number of carbonyl (C=O) groups is 1. The van der Waals surface area contributed by atoms with Gasteiger partial charge in [-0.25, -0.2) is 14.5 Å². The molecule has 0 bridgehead atoms. The molecule has 5 rings (SSSR count). The van der Waals surface area contributed by atoms with E-state index in [1.807, 2.05) is 35.0 Å². The first-order valence-corrected chi connectivity index (χ1v) is 10.2. The minimum Gasteiger partial charge on any atom is -0.477 e. The number of fused-ring (bicyclic) bond motifs is 1. The Hall–Kier alpha value is -2.93. The van der Waals surface area contributed by atoms with Crippen LogP contribution in [-0.4, -0.2) is 52.1 Å². The second-order valence-electron chi connectivity index (χ2n) is 7.88. The Balaban J connectivity index is 1.76. The lowest BCUT2D eigenvalue weighted by molar-refractivity contribution is 0.0691. The Bertz CT molecular complexity index is 1060. The van der Waals surface area contributed by atoms with Crippen molar-refractivity contribution < 1.29 is 14.6 Å². The number of hydrogen-bond donors (Lipinski definition) is 1. The number of anilines is 1. The number of carboxylic acids is 1. The second kappa shape index (κ2) is 7.15. The van der Waals surface area contributed by atoms with E-state index in [1.165, 1.54) is 6.42 Å². The van der Waals surface area contributed by atoms with E-state index < -0.39 is 5.97 Å². The van der Waals surface area contributed by atoms with Crippen molar-refractivity contribution in [1.29, 1.82) is 0 Å². The zero-order valence-corrected chi connectivity index (χ0v) is 16.4.